The van der Waals surface area contributed by atoms with Crippen LogP contribution in [0.4, 0.5) is 0 Å². The second kappa shape index (κ2) is 6.06. The van der Waals surface area contributed by atoms with Gasteiger partial charge in [-0.15, -0.1) is 0 Å². The molecule has 1 saturated heterocycles. The molecule has 0 amide bonds. The zero-order valence-corrected chi connectivity index (χ0v) is 13.2. The molecule has 0 saturated carbocycles. The van der Waals surface area contributed by atoms with Gasteiger partial charge in [-0.2, -0.15) is 0 Å². The van der Waals surface area contributed by atoms with E-state index >= 15 is 0 Å². The van der Waals surface area contributed by atoms with Crippen LogP contribution < -0.4 is 10.1 Å². The Kier molecular flexibility index (Phi) is 4.15. The van der Waals surface area contributed by atoms with Crippen LogP contribution >= 0.6 is 0 Å². The summed E-state index contributed by atoms with van der Waals surface area (Å²) in [6.07, 6.45) is 2.66. The summed E-state index contributed by atoms with van der Waals surface area (Å²) in [5, 5.41) is 3.49. The topological polar surface area (TPSA) is 39.1 Å². The van der Waals surface area contributed by atoms with Crippen LogP contribution in [0.5, 0.6) is 5.75 Å². The third-order valence-corrected chi connectivity index (χ3v) is 4.10. The summed E-state index contributed by atoms with van der Waals surface area (Å²) in [6.45, 7) is 9.43. The summed E-state index contributed by atoms with van der Waals surface area (Å²) in [6, 6.07) is 6.27. The number of hydrogen-bond donors (Lipinski definition) is 1. The number of imidazole rings is 1. The zero-order valence-electron chi connectivity index (χ0n) is 13.2. The lowest BCUT2D eigenvalue weighted by atomic mass is 9.99. The van der Waals surface area contributed by atoms with Gasteiger partial charge in [0.15, 0.2) is 0 Å². The van der Waals surface area contributed by atoms with Crippen LogP contribution in [0.1, 0.15) is 45.4 Å². The average Bonchev–Trinajstić information content (AvgIpc) is 2.85. The Bertz CT molecular complexity index is 612. The van der Waals surface area contributed by atoms with Gasteiger partial charge < -0.3 is 14.6 Å². The van der Waals surface area contributed by atoms with Crippen molar-refractivity contribution in [1.29, 1.82) is 0 Å². The van der Waals surface area contributed by atoms with Gasteiger partial charge in [0, 0.05) is 25.1 Å². The number of nitrogens with zero attached hydrogens (tertiary/aromatic N) is 2. The molecule has 21 heavy (non-hydrogen) atoms. The van der Waals surface area contributed by atoms with E-state index in [2.05, 4.69) is 35.0 Å². The molecule has 1 aromatic carbocycles. The van der Waals surface area contributed by atoms with Crippen molar-refractivity contribution in [2.24, 2.45) is 0 Å². The van der Waals surface area contributed by atoms with Crippen LogP contribution in [0.3, 0.4) is 0 Å². The molecular formula is C17H25N3O. The second-order valence-electron chi connectivity index (χ2n) is 6.07. The van der Waals surface area contributed by atoms with Gasteiger partial charge in [0.2, 0.25) is 0 Å². The Morgan fingerprint density at radius 3 is 2.95 bits per heavy atom. The van der Waals surface area contributed by atoms with Gasteiger partial charge in [-0.3, -0.25) is 0 Å². The summed E-state index contributed by atoms with van der Waals surface area (Å²) >= 11 is 0. The normalized spacial score (nSPS) is 19.3. The highest BCUT2D eigenvalue weighted by atomic mass is 16.5. The highest BCUT2D eigenvalue weighted by Gasteiger charge is 2.21. The van der Waals surface area contributed by atoms with E-state index < -0.39 is 0 Å². The summed E-state index contributed by atoms with van der Waals surface area (Å²) in [5.41, 5.74) is 2.27. The summed E-state index contributed by atoms with van der Waals surface area (Å²) in [7, 11) is 0. The minimum absolute atomic E-state index is 0.192. The third kappa shape index (κ3) is 2.91. The number of piperidine rings is 1. The predicted octanol–water partition coefficient (Wildman–Crippen LogP) is 3.31. The quantitative estimate of drug-likeness (QED) is 0.937. The zero-order chi connectivity index (χ0) is 14.8. The number of nitrogens with one attached hydrogen (secondary N) is 1. The first-order valence-corrected chi connectivity index (χ1v) is 8.06. The molecule has 3 rings (SSSR count). The van der Waals surface area contributed by atoms with Crippen molar-refractivity contribution >= 4 is 11.0 Å². The molecule has 1 aliphatic heterocycles. The Labute approximate surface area is 126 Å². The third-order valence-electron chi connectivity index (χ3n) is 4.10. The van der Waals surface area contributed by atoms with Gasteiger partial charge in [-0.1, -0.05) is 0 Å². The molecule has 1 N–H and O–H groups in total. The van der Waals surface area contributed by atoms with Crippen LogP contribution in [0.2, 0.25) is 0 Å². The number of fused-ring (bicyclic) bond motifs is 1. The molecule has 1 aliphatic rings. The fourth-order valence-electron chi connectivity index (χ4n) is 3.19. The Balaban J connectivity index is 1.99. The van der Waals surface area contributed by atoms with Crippen molar-refractivity contribution in [2.45, 2.75) is 52.2 Å². The molecule has 114 valence electrons. The Morgan fingerprint density at radius 2 is 2.29 bits per heavy atom. The van der Waals surface area contributed by atoms with Crippen molar-refractivity contribution in [3.63, 3.8) is 0 Å². The summed E-state index contributed by atoms with van der Waals surface area (Å²) < 4.78 is 8.14. The van der Waals surface area contributed by atoms with Gasteiger partial charge in [-0.05, 0) is 52.3 Å². The average molecular weight is 287 g/mol. The Morgan fingerprint density at radius 1 is 1.43 bits per heavy atom. The van der Waals surface area contributed by atoms with Crippen molar-refractivity contribution in [3.05, 3.63) is 24.0 Å². The largest absolute Gasteiger partial charge is 0.491 e. The van der Waals surface area contributed by atoms with Crippen molar-refractivity contribution in [1.82, 2.24) is 14.9 Å². The lowest BCUT2D eigenvalue weighted by Gasteiger charge is -2.22. The van der Waals surface area contributed by atoms with Crippen molar-refractivity contribution < 1.29 is 4.74 Å². The minimum atomic E-state index is 0.192. The van der Waals surface area contributed by atoms with Crippen LogP contribution in [-0.2, 0) is 6.54 Å². The van der Waals surface area contributed by atoms with E-state index in [4.69, 9.17) is 9.72 Å². The van der Waals surface area contributed by atoms with Crippen LogP contribution in [0.25, 0.3) is 11.0 Å². The van der Waals surface area contributed by atoms with E-state index in [0.29, 0.717) is 5.92 Å². The fraction of sp³-hybridized carbons (Fsp3) is 0.588. The molecule has 0 spiro atoms. The first-order chi connectivity index (χ1) is 10.2. The van der Waals surface area contributed by atoms with E-state index in [-0.39, 0.29) is 6.10 Å². The first kappa shape index (κ1) is 14.4. The van der Waals surface area contributed by atoms with Gasteiger partial charge in [0.05, 0.1) is 17.1 Å². The molecule has 1 fully saturated rings. The van der Waals surface area contributed by atoms with E-state index in [1.807, 2.05) is 13.8 Å². The maximum absolute atomic E-state index is 5.79. The van der Waals surface area contributed by atoms with Gasteiger partial charge >= 0.3 is 0 Å². The number of ether oxygens (including phenoxy) is 1. The number of aryl methyl sites for hydroxylation is 1. The molecule has 1 aromatic heterocycles. The monoisotopic (exact) mass is 287 g/mol. The lowest BCUT2D eigenvalue weighted by molar-refractivity contribution is 0.242. The molecule has 4 heteroatoms. The summed E-state index contributed by atoms with van der Waals surface area (Å²) in [5.74, 6) is 2.66. The molecule has 1 unspecified atom stereocenters. The Hall–Kier alpha value is -1.55. The molecule has 0 bridgehead atoms. The number of rotatable bonds is 4. The smallest absolute Gasteiger partial charge is 0.121 e. The molecule has 2 aromatic rings. The molecule has 2 heterocycles. The van der Waals surface area contributed by atoms with Gasteiger partial charge in [-0.25, -0.2) is 4.98 Å². The predicted molar refractivity (Wildman–Crippen MR) is 86.0 cm³/mol. The van der Waals surface area contributed by atoms with E-state index in [9.17, 15) is 0 Å². The van der Waals surface area contributed by atoms with Crippen LogP contribution in [-0.4, -0.2) is 28.7 Å². The van der Waals surface area contributed by atoms with E-state index in [0.717, 1.165) is 30.9 Å². The maximum atomic E-state index is 5.79. The van der Waals surface area contributed by atoms with Crippen molar-refractivity contribution in [2.75, 3.05) is 13.1 Å². The summed E-state index contributed by atoms with van der Waals surface area (Å²) in [4.78, 5) is 4.92. The van der Waals surface area contributed by atoms with Crippen molar-refractivity contribution in [3.8, 4) is 5.75 Å². The fourth-order valence-corrected chi connectivity index (χ4v) is 3.19. The SMILES string of the molecule is CCn1c(C2CCCNC2)nc2cc(OC(C)C)ccc21. The van der Waals surface area contributed by atoms with Crippen LogP contribution in [0.15, 0.2) is 18.2 Å². The first-order valence-electron chi connectivity index (χ1n) is 8.06. The maximum Gasteiger partial charge on any atom is 0.121 e. The molecular weight excluding hydrogens is 262 g/mol. The van der Waals surface area contributed by atoms with E-state index in [1.54, 1.807) is 0 Å². The number of hydrogen-bond acceptors (Lipinski definition) is 3. The van der Waals surface area contributed by atoms with Crippen LogP contribution in [0, 0.1) is 0 Å². The molecule has 0 radical (unpaired) electrons. The minimum Gasteiger partial charge on any atom is -0.491 e. The molecule has 0 aliphatic carbocycles. The highest BCUT2D eigenvalue weighted by Crippen LogP contribution is 2.29. The van der Waals surface area contributed by atoms with Gasteiger partial charge in [0.25, 0.3) is 0 Å². The molecule has 1 atom stereocenters. The number of aromatic nitrogens is 2. The standard InChI is InChI=1S/C17H25N3O/c1-4-20-16-8-7-14(21-12(2)3)10-15(16)19-17(20)13-6-5-9-18-11-13/h7-8,10,12-13,18H,4-6,9,11H2,1-3H3. The second-order valence-corrected chi connectivity index (χ2v) is 6.07. The van der Waals surface area contributed by atoms with Gasteiger partial charge in [0.1, 0.15) is 11.6 Å². The number of benzene rings is 1. The van der Waals surface area contributed by atoms with E-state index in [1.165, 1.54) is 24.2 Å². The highest BCUT2D eigenvalue weighted by molar-refractivity contribution is 5.78. The molecule has 4 nitrogen and oxygen atoms in total. The lowest BCUT2D eigenvalue weighted by Crippen LogP contribution is -2.30.